The third-order valence-corrected chi connectivity index (χ3v) is 4.84. The summed E-state index contributed by atoms with van der Waals surface area (Å²) in [5.41, 5.74) is 7.41. The van der Waals surface area contributed by atoms with Crippen molar-refractivity contribution in [2.75, 3.05) is 0 Å². The van der Waals surface area contributed by atoms with Crippen LogP contribution in [0.15, 0.2) is 109 Å². The number of nitrogens with zero attached hydrogens (tertiary/aromatic N) is 2. The molecular formula is C30H24IrN2-2. The van der Waals surface area contributed by atoms with Gasteiger partial charge in [-0.15, -0.1) is 71.3 Å². The van der Waals surface area contributed by atoms with Gasteiger partial charge in [0.05, 0.1) is 0 Å². The van der Waals surface area contributed by atoms with Crippen molar-refractivity contribution >= 4 is 0 Å². The van der Waals surface area contributed by atoms with Crippen LogP contribution >= 0.6 is 0 Å². The Morgan fingerprint density at radius 1 is 0.636 bits per heavy atom. The molecule has 0 saturated carbocycles. The van der Waals surface area contributed by atoms with Crippen LogP contribution in [0.3, 0.4) is 0 Å². The van der Waals surface area contributed by atoms with Gasteiger partial charge in [-0.2, -0.15) is 0 Å². The van der Waals surface area contributed by atoms with E-state index in [2.05, 4.69) is 64.6 Å². The van der Waals surface area contributed by atoms with Crippen LogP contribution in [0.1, 0.15) is 15.2 Å². The Morgan fingerprint density at radius 2 is 1.30 bits per heavy atom. The first-order valence-electron chi connectivity index (χ1n) is 11.8. The van der Waals surface area contributed by atoms with Gasteiger partial charge in [0.25, 0.3) is 0 Å². The molecule has 2 aromatic heterocycles. The number of aromatic nitrogens is 2. The summed E-state index contributed by atoms with van der Waals surface area (Å²) in [6.07, 6.45) is 3.28. The first kappa shape index (κ1) is 20.2. The van der Waals surface area contributed by atoms with Gasteiger partial charge in [-0.05, 0) is 41.9 Å². The minimum atomic E-state index is -2.09. The SMILES string of the molecule is Cc1ccc(-c2[c-]ccc(-c3ccccc3)c2)nc1.[2H]C([2H])([2H])c1ccc(-c2[c-]cccc2)nc1.[Ir]. The van der Waals surface area contributed by atoms with Crippen LogP contribution in [0.2, 0.25) is 0 Å². The van der Waals surface area contributed by atoms with E-state index in [4.69, 9.17) is 4.11 Å². The summed E-state index contributed by atoms with van der Waals surface area (Å²) in [4.78, 5) is 8.58. The van der Waals surface area contributed by atoms with Gasteiger partial charge in [0.2, 0.25) is 0 Å². The van der Waals surface area contributed by atoms with Crippen molar-refractivity contribution in [1.82, 2.24) is 9.97 Å². The number of aryl methyl sites for hydroxylation is 2. The Bertz CT molecular complexity index is 1350. The van der Waals surface area contributed by atoms with E-state index in [1.54, 1.807) is 18.2 Å². The van der Waals surface area contributed by atoms with Crippen molar-refractivity contribution < 1.29 is 24.2 Å². The van der Waals surface area contributed by atoms with Crippen LogP contribution in [0.4, 0.5) is 0 Å². The van der Waals surface area contributed by atoms with Gasteiger partial charge in [-0.1, -0.05) is 54.6 Å². The molecular weight excluding hydrogens is 581 g/mol. The maximum absolute atomic E-state index is 7.23. The van der Waals surface area contributed by atoms with Crippen molar-refractivity contribution in [3.8, 4) is 33.6 Å². The molecule has 0 amide bonds. The monoisotopic (exact) mass is 608 g/mol. The zero-order valence-corrected chi connectivity index (χ0v) is 20.5. The molecule has 0 aliphatic carbocycles. The van der Waals surface area contributed by atoms with Crippen LogP contribution in [-0.4, -0.2) is 9.97 Å². The van der Waals surface area contributed by atoms with Crippen LogP contribution < -0.4 is 0 Å². The quantitative estimate of drug-likeness (QED) is 0.200. The van der Waals surface area contributed by atoms with Gasteiger partial charge in [0.1, 0.15) is 0 Å². The first-order valence-corrected chi connectivity index (χ1v) is 10.3. The predicted molar refractivity (Wildman–Crippen MR) is 132 cm³/mol. The van der Waals surface area contributed by atoms with E-state index in [1.807, 2.05) is 49.5 Å². The fourth-order valence-electron chi connectivity index (χ4n) is 3.16. The molecule has 0 saturated heterocycles. The molecule has 0 N–H and O–H groups in total. The van der Waals surface area contributed by atoms with Crippen molar-refractivity contribution in [2.45, 2.75) is 13.8 Å². The van der Waals surface area contributed by atoms with E-state index in [1.165, 1.54) is 22.9 Å². The van der Waals surface area contributed by atoms with Gasteiger partial charge in [0.15, 0.2) is 0 Å². The maximum Gasteiger partial charge on any atom is 0.0280 e. The second kappa shape index (κ2) is 12.0. The molecule has 0 fully saturated rings. The molecule has 3 aromatic carbocycles. The van der Waals surface area contributed by atoms with E-state index in [9.17, 15) is 0 Å². The standard InChI is InChI=1S/C18H14N.C12H10N.Ir/c1-14-10-11-18(19-13-14)17-9-5-8-16(12-17)15-6-3-2-4-7-15;1-10-7-8-12(13-9-10)11-5-3-2-4-6-11;/h2-8,10-13H,1H3;2-5,7-9H,1H3;/q2*-1;/i;1D3;. The number of rotatable bonds is 3. The van der Waals surface area contributed by atoms with Crippen LogP contribution in [-0.2, 0) is 20.1 Å². The second-order valence-corrected chi connectivity index (χ2v) is 7.29. The molecule has 5 rings (SSSR count). The Balaban J connectivity index is 0.000000198. The molecule has 2 heterocycles. The molecule has 1 radical (unpaired) electrons. The average molecular weight is 608 g/mol. The van der Waals surface area contributed by atoms with Crippen LogP contribution in [0, 0.1) is 25.9 Å². The smallest absolute Gasteiger partial charge is 0.0280 e. The van der Waals surface area contributed by atoms with Crippen molar-refractivity contribution in [1.29, 1.82) is 0 Å². The average Bonchev–Trinajstić information content (AvgIpc) is 2.90. The summed E-state index contributed by atoms with van der Waals surface area (Å²) in [7, 11) is 0. The molecule has 33 heavy (non-hydrogen) atoms. The molecule has 0 spiro atoms. The van der Waals surface area contributed by atoms with Crippen molar-refractivity contribution in [3.05, 3.63) is 133 Å². The van der Waals surface area contributed by atoms with Gasteiger partial charge in [0, 0.05) is 36.6 Å². The Morgan fingerprint density at radius 3 is 1.94 bits per heavy atom. The van der Waals surface area contributed by atoms with Crippen molar-refractivity contribution in [2.24, 2.45) is 0 Å². The largest absolute Gasteiger partial charge is 0.304 e. The first-order chi connectivity index (χ1) is 16.9. The van der Waals surface area contributed by atoms with E-state index in [-0.39, 0.29) is 25.7 Å². The summed E-state index contributed by atoms with van der Waals surface area (Å²) < 4.78 is 21.7. The van der Waals surface area contributed by atoms with Gasteiger partial charge >= 0.3 is 0 Å². The van der Waals surface area contributed by atoms with E-state index in [0.717, 1.165) is 22.5 Å². The molecule has 165 valence electrons. The molecule has 0 aliphatic heterocycles. The number of pyridine rings is 2. The molecule has 0 aliphatic rings. The zero-order valence-electron chi connectivity index (χ0n) is 21.1. The third kappa shape index (κ3) is 6.79. The number of hydrogen-bond acceptors (Lipinski definition) is 2. The van der Waals surface area contributed by atoms with Gasteiger partial charge in [-0.3, -0.25) is 0 Å². The molecule has 0 bridgehead atoms. The molecule has 0 atom stereocenters. The van der Waals surface area contributed by atoms with Gasteiger partial charge < -0.3 is 9.97 Å². The second-order valence-electron chi connectivity index (χ2n) is 7.29. The molecule has 2 nitrogen and oxygen atoms in total. The predicted octanol–water partition coefficient (Wildman–Crippen LogP) is 7.38. The summed E-state index contributed by atoms with van der Waals surface area (Å²) in [6.45, 7) is -0.0488. The Labute approximate surface area is 214 Å². The Hall–Kier alpha value is -3.39. The normalized spacial score (nSPS) is 11.6. The van der Waals surface area contributed by atoms with Crippen LogP contribution in [0.5, 0.6) is 0 Å². The summed E-state index contributed by atoms with van der Waals surface area (Å²) in [6, 6.07) is 37.7. The fourth-order valence-corrected chi connectivity index (χ4v) is 3.16. The van der Waals surface area contributed by atoms with E-state index >= 15 is 0 Å². The van der Waals surface area contributed by atoms with E-state index in [0.29, 0.717) is 0 Å². The Kier molecular flexibility index (Phi) is 7.36. The van der Waals surface area contributed by atoms with Crippen LogP contribution in [0.25, 0.3) is 33.6 Å². The topological polar surface area (TPSA) is 25.8 Å². The summed E-state index contributed by atoms with van der Waals surface area (Å²) >= 11 is 0. The maximum atomic E-state index is 7.23. The minimum Gasteiger partial charge on any atom is -0.304 e. The number of benzene rings is 3. The molecule has 5 aromatic rings. The van der Waals surface area contributed by atoms with E-state index < -0.39 is 6.85 Å². The minimum absolute atomic E-state index is 0. The van der Waals surface area contributed by atoms with Gasteiger partial charge in [-0.25, -0.2) is 0 Å². The fraction of sp³-hybridized carbons (Fsp3) is 0.0667. The zero-order chi connectivity index (χ0) is 24.7. The summed E-state index contributed by atoms with van der Waals surface area (Å²) in [5, 5.41) is 0. The summed E-state index contributed by atoms with van der Waals surface area (Å²) in [5.74, 6) is 0. The van der Waals surface area contributed by atoms with Crippen molar-refractivity contribution in [3.63, 3.8) is 0 Å². The molecule has 0 unspecified atom stereocenters. The third-order valence-electron chi connectivity index (χ3n) is 4.84. The molecule has 3 heteroatoms. The number of hydrogen-bond donors (Lipinski definition) is 0.